The lowest BCUT2D eigenvalue weighted by molar-refractivity contribution is 0.0476. The SMILES string of the molecule is CCNC(=NCC(C)(C)NC(=O)OC(C)(C)C)NCC(C(C)C)N1CCN(C)CC1.I. The standard InChI is InChI=1S/C22H46N6O2.HI/c1-10-23-19(25-16-22(7,8)26-20(29)30-21(4,5)6)24-15-18(17(2)3)28-13-11-27(9)12-14-28;/h17-18H,10-16H2,1-9H3,(H,26,29)(H2,23,24,25);1H. The predicted molar refractivity (Wildman–Crippen MR) is 141 cm³/mol. The van der Waals surface area contributed by atoms with Crippen LogP contribution in [-0.2, 0) is 4.74 Å². The molecule has 9 heteroatoms. The second-order valence-corrected chi connectivity index (χ2v) is 10.2. The zero-order valence-corrected chi connectivity index (χ0v) is 23.5. The highest BCUT2D eigenvalue weighted by molar-refractivity contribution is 14.0. The van der Waals surface area contributed by atoms with Gasteiger partial charge in [-0.15, -0.1) is 24.0 Å². The van der Waals surface area contributed by atoms with Crippen LogP contribution in [0, 0.1) is 5.92 Å². The molecule has 0 aromatic carbocycles. The number of halogens is 1. The fourth-order valence-electron chi connectivity index (χ4n) is 3.38. The average molecular weight is 555 g/mol. The third kappa shape index (κ3) is 12.7. The van der Waals surface area contributed by atoms with E-state index in [0.717, 1.165) is 45.2 Å². The second-order valence-electron chi connectivity index (χ2n) is 10.2. The number of piperazine rings is 1. The van der Waals surface area contributed by atoms with E-state index in [2.05, 4.69) is 53.6 Å². The summed E-state index contributed by atoms with van der Waals surface area (Å²) in [6.45, 7) is 22.6. The summed E-state index contributed by atoms with van der Waals surface area (Å²) >= 11 is 0. The van der Waals surface area contributed by atoms with Crippen LogP contribution in [0.25, 0.3) is 0 Å². The maximum atomic E-state index is 12.1. The quantitative estimate of drug-likeness (QED) is 0.243. The third-order valence-electron chi connectivity index (χ3n) is 5.07. The Morgan fingerprint density at radius 1 is 1.06 bits per heavy atom. The van der Waals surface area contributed by atoms with Crippen LogP contribution in [-0.4, -0.2) is 91.9 Å². The Balaban J connectivity index is 0.00000900. The number of hydrogen-bond donors (Lipinski definition) is 3. The average Bonchev–Trinajstić information content (AvgIpc) is 2.58. The molecule has 1 heterocycles. The molecule has 3 N–H and O–H groups in total. The number of nitrogens with zero attached hydrogens (tertiary/aromatic N) is 3. The molecule has 1 aliphatic rings. The number of alkyl carbamates (subject to hydrolysis) is 1. The number of amides is 1. The summed E-state index contributed by atoms with van der Waals surface area (Å²) in [5.41, 5.74) is -1.03. The molecule has 0 spiro atoms. The highest BCUT2D eigenvalue weighted by Gasteiger charge is 2.26. The number of nitrogens with one attached hydrogen (secondary N) is 3. The van der Waals surface area contributed by atoms with Gasteiger partial charge in [0.1, 0.15) is 5.60 Å². The van der Waals surface area contributed by atoms with E-state index in [9.17, 15) is 4.79 Å². The molecule has 1 atom stereocenters. The highest BCUT2D eigenvalue weighted by Crippen LogP contribution is 2.13. The van der Waals surface area contributed by atoms with Gasteiger partial charge in [-0.1, -0.05) is 13.8 Å². The molecule has 8 nitrogen and oxygen atoms in total. The summed E-state index contributed by atoms with van der Waals surface area (Å²) in [7, 11) is 2.18. The van der Waals surface area contributed by atoms with Crippen LogP contribution in [0.5, 0.6) is 0 Å². The van der Waals surface area contributed by atoms with Crippen LogP contribution in [0.15, 0.2) is 4.99 Å². The second kappa shape index (κ2) is 13.7. The molecular formula is C22H47IN6O2. The van der Waals surface area contributed by atoms with Crippen molar-refractivity contribution in [2.24, 2.45) is 10.9 Å². The Morgan fingerprint density at radius 3 is 2.13 bits per heavy atom. The van der Waals surface area contributed by atoms with E-state index in [0.29, 0.717) is 18.5 Å². The lowest BCUT2D eigenvalue weighted by Gasteiger charge is -2.40. The number of ether oxygens (including phenoxy) is 1. The van der Waals surface area contributed by atoms with Crippen LogP contribution in [0.4, 0.5) is 4.79 Å². The van der Waals surface area contributed by atoms with Crippen molar-refractivity contribution < 1.29 is 9.53 Å². The van der Waals surface area contributed by atoms with Crippen molar-refractivity contribution >= 4 is 36.0 Å². The molecule has 1 aliphatic heterocycles. The van der Waals surface area contributed by atoms with Crippen LogP contribution in [0.3, 0.4) is 0 Å². The minimum Gasteiger partial charge on any atom is -0.444 e. The van der Waals surface area contributed by atoms with Crippen molar-refractivity contribution in [2.75, 3.05) is 52.9 Å². The van der Waals surface area contributed by atoms with Gasteiger partial charge in [-0.2, -0.15) is 0 Å². The van der Waals surface area contributed by atoms with Crippen molar-refractivity contribution in [1.82, 2.24) is 25.8 Å². The molecule has 1 amide bonds. The molecule has 0 saturated carbocycles. The first-order chi connectivity index (χ1) is 13.8. The van der Waals surface area contributed by atoms with Gasteiger partial charge in [-0.05, 0) is 54.5 Å². The molecule has 1 rings (SSSR count). The predicted octanol–water partition coefficient (Wildman–Crippen LogP) is 2.73. The summed E-state index contributed by atoms with van der Waals surface area (Å²) in [6, 6.07) is 0.454. The van der Waals surface area contributed by atoms with Gasteiger partial charge in [0.25, 0.3) is 0 Å². The van der Waals surface area contributed by atoms with Gasteiger partial charge in [0, 0.05) is 45.3 Å². The summed E-state index contributed by atoms with van der Waals surface area (Å²) in [5, 5.41) is 9.75. The van der Waals surface area contributed by atoms with Gasteiger partial charge in [0.2, 0.25) is 0 Å². The third-order valence-corrected chi connectivity index (χ3v) is 5.07. The minimum atomic E-state index is -0.519. The Morgan fingerprint density at radius 2 is 1.65 bits per heavy atom. The van der Waals surface area contributed by atoms with E-state index in [4.69, 9.17) is 9.73 Å². The van der Waals surface area contributed by atoms with E-state index in [1.807, 2.05) is 34.6 Å². The maximum absolute atomic E-state index is 12.1. The van der Waals surface area contributed by atoms with Crippen LogP contribution < -0.4 is 16.0 Å². The number of hydrogen-bond acceptors (Lipinski definition) is 5. The Bertz CT molecular complexity index is 555. The number of guanidine groups is 1. The fraction of sp³-hybridized carbons (Fsp3) is 0.909. The fourth-order valence-corrected chi connectivity index (χ4v) is 3.38. The number of carbonyl (C=O) groups excluding carboxylic acids is 1. The van der Waals surface area contributed by atoms with Crippen LogP contribution in [0.2, 0.25) is 0 Å². The molecule has 0 bridgehead atoms. The minimum absolute atomic E-state index is 0. The number of rotatable bonds is 8. The molecular weight excluding hydrogens is 507 g/mol. The Kier molecular flexibility index (Phi) is 13.3. The Labute approximate surface area is 207 Å². The molecule has 0 aromatic heterocycles. The van der Waals surface area contributed by atoms with Crippen molar-refractivity contribution in [3.05, 3.63) is 0 Å². The van der Waals surface area contributed by atoms with Gasteiger partial charge >= 0.3 is 6.09 Å². The lowest BCUT2D eigenvalue weighted by Crippen LogP contribution is -2.55. The smallest absolute Gasteiger partial charge is 0.408 e. The molecule has 184 valence electrons. The van der Waals surface area contributed by atoms with Crippen molar-refractivity contribution in [1.29, 1.82) is 0 Å². The summed E-state index contributed by atoms with van der Waals surface area (Å²) in [6.07, 6.45) is -0.421. The lowest BCUT2D eigenvalue weighted by atomic mass is 10.0. The summed E-state index contributed by atoms with van der Waals surface area (Å²) in [5.74, 6) is 1.32. The van der Waals surface area contributed by atoms with Crippen molar-refractivity contribution in [2.45, 2.75) is 72.6 Å². The van der Waals surface area contributed by atoms with E-state index in [-0.39, 0.29) is 24.0 Å². The molecule has 1 fully saturated rings. The first kappa shape index (κ1) is 30.2. The topological polar surface area (TPSA) is 81.2 Å². The molecule has 1 unspecified atom stereocenters. The van der Waals surface area contributed by atoms with E-state index in [1.165, 1.54) is 0 Å². The molecule has 1 saturated heterocycles. The number of likely N-dealkylation sites (N-methyl/N-ethyl adjacent to an activating group) is 1. The van der Waals surface area contributed by atoms with Crippen molar-refractivity contribution in [3.8, 4) is 0 Å². The maximum Gasteiger partial charge on any atom is 0.408 e. The van der Waals surface area contributed by atoms with Crippen molar-refractivity contribution in [3.63, 3.8) is 0 Å². The van der Waals surface area contributed by atoms with E-state index in [1.54, 1.807) is 0 Å². The number of aliphatic imine (C=N–C) groups is 1. The van der Waals surface area contributed by atoms with Crippen LogP contribution in [0.1, 0.15) is 55.4 Å². The van der Waals surface area contributed by atoms with Gasteiger partial charge < -0.3 is 25.6 Å². The van der Waals surface area contributed by atoms with Crippen LogP contribution >= 0.6 is 24.0 Å². The number of carbonyl (C=O) groups is 1. The normalized spacial score (nSPS) is 17.7. The molecule has 0 radical (unpaired) electrons. The van der Waals surface area contributed by atoms with Gasteiger partial charge in [0.05, 0.1) is 12.1 Å². The zero-order chi connectivity index (χ0) is 22.9. The Hall–Kier alpha value is -0.810. The van der Waals surface area contributed by atoms with Gasteiger partial charge in [0.15, 0.2) is 5.96 Å². The van der Waals surface area contributed by atoms with Gasteiger partial charge in [-0.3, -0.25) is 9.89 Å². The van der Waals surface area contributed by atoms with E-state index < -0.39 is 17.2 Å². The molecule has 0 aromatic rings. The first-order valence-corrected chi connectivity index (χ1v) is 11.3. The van der Waals surface area contributed by atoms with E-state index >= 15 is 0 Å². The monoisotopic (exact) mass is 554 g/mol. The summed E-state index contributed by atoms with van der Waals surface area (Å²) < 4.78 is 5.37. The first-order valence-electron chi connectivity index (χ1n) is 11.3. The summed E-state index contributed by atoms with van der Waals surface area (Å²) in [4.78, 5) is 21.8. The van der Waals surface area contributed by atoms with Gasteiger partial charge in [-0.25, -0.2) is 4.79 Å². The zero-order valence-electron chi connectivity index (χ0n) is 21.2. The largest absolute Gasteiger partial charge is 0.444 e. The molecule has 0 aliphatic carbocycles. The highest BCUT2D eigenvalue weighted by atomic mass is 127. The molecule has 31 heavy (non-hydrogen) atoms.